The van der Waals surface area contributed by atoms with E-state index in [9.17, 15) is 13.2 Å². The average Bonchev–Trinajstić information content (AvgIpc) is 2.84. The van der Waals surface area contributed by atoms with E-state index in [-0.39, 0.29) is 26.3 Å². The summed E-state index contributed by atoms with van der Waals surface area (Å²) in [5.41, 5.74) is 0.0912. The average molecular weight is 500 g/mol. The van der Waals surface area contributed by atoms with Crippen LogP contribution < -0.4 is 11.0 Å². The van der Waals surface area contributed by atoms with Gasteiger partial charge < -0.3 is 9.30 Å². The van der Waals surface area contributed by atoms with E-state index in [1.165, 1.54) is 39.3 Å². The summed E-state index contributed by atoms with van der Waals surface area (Å²) in [6.45, 7) is 3.59. The molecule has 1 aromatic carbocycles. The Bertz CT molecular complexity index is 1610. The van der Waals surface area contributed by atoms with Crippen LogP contribution in [0.1, 0.15) is 0 Å². The maximum Gasteiger partial charge on any atom is 0.267 e. The van der Waals surface area contributed by atoms with Crippen LogP contribution in [0.3, 0.4) is 0 Å². The number of fused-ring (bicyclic) bond motifs is 2. The summed E-state index contributed by atoms with van der Waals surface area (Å²) >= 11 is 5.93. The molecule has 11 heteroatoms. The quantitative estimate of drug-likeness (QED) is 0.420. The molecule has 1 saturated heterocycles. The van der Waals surface area contributed by atoms with Gasteiger partial charge in [-0.1, -0.05) is 17.7 Å². The Labute approximate surface area is 200 Å². The molecule has 176 valence electrons. The number of aromatic nitrogens is 3. The van der Waals surface area contributed by atoms with E-state index in [4.69, 9.17) is 21.7 Å². The Kier molecular flexibility index (Phi) is 5.98. The van der Waals surface area contributed by atoms with Crippen LogP contribution in [0, 0.1) is 5.41 Å². The number of hydrogen-bond acceptors (Lipinski definition) is 7. The van der Waals surface area contributed by atoms with Gasteiger partial charge in [0, 0.05) is 37.4 Å². The molecule has 0 unspecified atom stereocenters. The van der Waals surface area contributed by atoms with Gasteiger partial charge in [0.25, 0.3) is 5.56 Å². The van der Waals surface area contributed by atoms with Gasteiger partial charge in [0.2, 0.25) is 9.84 Å². The van der Waals surface area contributed by atoms with Crippen molar-refractivity contribution in [2.45, 2.75) is 16.3 Å². The maximum absolute atomic E-state index is 13.5. The molecule has 0 bridgehead atoms. The molecule has 34 heavy (non-hydrogen) atoms. The summed E-state index contributed by atoms with van der Waals surface area (Å²) in [7, 11) is -4.09. The molecule has 0 radical (unpaired) electrons. The molecule has 4 aromatic rings. The first kappa shape index (κ1) is 22.7. The Morgan fingerprint density at radius 3 is 2.53 bits per heavy atom. The number of ether oxygens (including phenoxy) is 1. The Morgan fingerprint density at radius 1 is 1.06 bits per heavy atom. The highest BCUT2D eigenvalue weighted by atomic mass is 35.5. The monoisotopic (exact) mass is 499 g/mol. The second-order valence-electron chi connectivity index (χ2n) is 8.00. The van der Waals surface area contributed by atoms with Gasteiger partial charge in [-0.3, -0.25) is 19.5 Å². The molecule has 0 amide bonds. The van der Waals surface area contributed by atoms with E-state index in [1.54, 1.807) is 24.4 Å². The predicted molar refractivity (Wildman–Crippen MR) is 127 cm³/mol. The summed E-state index contributed by atoms with van der Waals surface area (Å²) in [6.07, 6.45) is 1.59. The number of sulfone groups is 1. The third kappa shape index (κ3) is 4.03. The van der Waals surface area contributed by atoms with E-state index in [1.807, 2.05) is 0 Å². The molecule has 1 N–H and O–H groups in total. The zero-order valence-electron chi connectivity index (χ0n) is 18.1. The van der Waals surface area contributed by atoms with Crippen LogP contribution in [-0.4, -0.2) is 60.1 Å². The highest BCUT2D eigenvalue weighted by molar-refractivity contribution is 7.91. The first-order chi connectivity index (χ1) is 16.4. The first-order valence-electron chi connectivity index (χ1n) is 10.8. The summed E-state index contributed by atoms with van der Waals surface area (Å²) in [4.78, 5) is 19.9. The molecule has 9 nitrogen and oxygen atoms in total. The number of halogens is 1. The molecule has 5 rings (SSSR count). The van der Waals surface area contributed by atoms with Crippen LogP contribution in [0.5, 0.6) is 0 Å². The minimum absolute atomic E-state index is 0.00155. The molecule has 1 fully saturated rings. The second kappa shape index (κ2) is 8.95. The molecule has 0 aliphatic carbocycles. The lowest BCUT2D eigenvalue weighted by atomic mass is 10.3. The number of benzene rings is 1. The van der Waals surface area contributed by atoms with E-state index >= 15 is 0 Å². The highest BCUT2D eigenvalue weighted by Crippen LogP contribution is 2.22. The van der Waals surface area contributed by atoms with Crippen LogP contribution in [0.4, 0.5) is 0 Å². The summed E-state index contributed by atoms with van der Waals surface area (Å²) in [5.74, 6) is 0. The van der Waals surface area contributed by atoms with Gasteiger partial charge in [-0.15, -0.1) is 0 Å². The topological polar surface area (TPSA) is 110 Å². The van der Waals surface area contributed by atoms with Gasteiger partial charge in [0.05, 0.1) is 23.5 Å². The predicted octanol–water partition coefficient (Wildman–Crippen LogP) is 1.95. The minimum Gasteiger partial charge on any atom is -0.379 e. The van der Waals surface area contributed by atoms with Gasteiger partial charge in [0.15, 0.2) is 0 Å². The Balaban J connectivity index is 1.74. The van der Waals surface area contributed by atoms with Crippen LogP contribution in [0.2, 0.25) is 5.02 Å². The van der Waals surface area contributed by atoms with Crippen molar-refractivity contribution in [2.24, 2.45) is 0 Å². The molecule has 4 heterocycles. The molecule has 3 aromatic heterocycles. The van der Waals surface area contributed by atoms with E-state index in [0.29, 0.717) is 37.0 Å². The summed E-state index contributed by atoms with van der Waals surface area (Å²) < 4.78 is 35.3. The molecule has 0 spiro atoms. The van der Waals surface area contributed by atoms with Gasteiger partial charge >= 0.3 is 0 Å². The van der Waals surface area contributed by atoms with Crippen LogP contribution in [-0.2, 0) is 21.1 Å². The van der Waals surface area contributed by atoms with Crippen molar-refractivity contribution in [2.75, 3.05) is 32.8 Å². The number of nitrogens with zero attached hydrogens (tertiary/aromatic N) is 4. The molecular weight excluding hydrogens is 478 g/mol. The second-order valence-corrected chi connectivity index (χ2v) is 10.4. The lowest BCUT2D eigenvalue weighted by Crippen LogP contribution is -2.40. The molecule has 1 aliphatic rings. The largest absolute Gasteiger partial charge is 0.379 e. The minimum atomic E-state index is -4.09. The normalized spacial score (nSPS) is 15.2. The number of nitrogens with one attached hydrogen (secondary N) is 1. The van der Waals surface area contributed by atoms with Gasteiger partial charge in [-0.25, -0.2) is 13.4 Å². The fraction of sp³-hybridized carbons (Fsp3) is 0.261. The van der Waals surface area contributed by atoms with Crippen molar-refractivity contribution in [3.8, 4) is 0 Å². The van der Waals surface area contributed by atoms with Gasteiger partial charge in [0.1, 0.15) is 21.7 Å². The Hall–Kier alpha value is -3.05. The lowest BCUT2D eigenvalue weighted by molar-refractivity contribution is 0.0363. The highest BCUT2D eigenvalue weighted by Gasteiger charge is 2.24. The molecular formula is C23H22ClN5O4S. The van der Waals surface area contributed by atoms with Crippen molar-refractivity contribution < 1.29 is 13.2 Å². The summed E-state index contributed by atoms with van der Waals surface area (Å²) in [5, 5.41) is 9.37. The smallest absolute Gasteiger partial charge is 0.267 e. The van der Waals surface area contributed by atoms with Crippen molar-refractivity contribution in [1.29, 1.82) is 5.41 Å². The fourth-order valence-electron chi connectivity index (χ4n) is 4.09. The number of hydrogen-bond donors (Lipinski definition) is 1. The standard InChI is InChI=1S/C23H22ClN5O4S/c24-16-4-6-17(7-5-16)34(31,32)19-15-18-22(26-20-3-1-2-8-28(20)23(18)30)29(21(19)25)10-9-27-11-13-33-14-12-27/h1-8,15,25H,9-14H2. The van der Waals surface area contributed by atoms with E-state index in [2.05, 4.69) is 9.88 Å². The lowest BCUT2D eigenvalue weighted by Gasteiger charge is -2.27. The number of morpholine rings is 1. The molecule has 0 atom stereocenters. The van der Waals surface area contributed by atoms with Crippen LogP contribution in [0.15, 0.2) is 69.3 Å². The van der Waals surface area contributed by atoms with E-state index < -0.39 is 15.4 Å². The maximum atomic E-state index is 13.5. The SMILES string of the molecule is N=c1c(S(=O)(=O)c2ccc(Cl)cc2)cc2c(=O)n3ccccc3nc2n1CCN1CCOCC1. The zero-order chi connectivity index (χ0) is 23.9. The number of rotatable bonds is 5. The van der Waals surface area contributed by atoms with Crippen molar-refractivity contribution in [3.05, 3.63) is 75.6 Å². The van der Waals surface area contributed by atoms with Gasteiger partial charge in [-0.2, -0.15) is 0 Å². The van der Waals surface area contributed by atoms with Crippen molar-refractivity contribution in [3.63, 3.8) is 0 Å². The Morgan fingerprint density at radius 2 is 1.79 bits per heavy atom. The van der Waals surface area contributed by atoms with Crippen molar-refractivity contribution in [1.82, 2.24) is 18.9 Å². The zero-order valence-corrected chi connectivity index (χ0v) is 19.7. The molecule has 1 aliphatic heterocycles. The van der Waals surface area contributed by atoms with Gasteiger partial charge in [-0.05, 0) is 42.5 Å². The third-order valence-corrected chi connectivity index (χ3v) is 7.98. The number of pyridine rings is 2. The van der Waals surface area contributed by atoms with Crippen molar-refractivity contribution >= 4 is 38.1 Å². The summed E-state index contributed by atoms with van der Waals surface area (Å²) in [6, 6.07) is 12.2. The first-order valence-corrected chi connectivity index (χ1v) is 12.6. The van der Waals surface area contributed by atoms with E-state index in [0.717, 1.165) is 13.1 Å². The molecule has 0 saturated carbocycles. The fourth-order valence-corrected chi connectivity index (χ4v) is 5.60. The third-order valence-electron chi connectivity index (χ3n) is 5.94. The van der Waals surface area contributed by atoms with Crippen LogP contribution >= 0.6 is 11.6 Å². The van der Waals surface area contributed by atoms with Crippen LogP contribution in [0.25, 0.3) is 16.7 Å².